The molecule has 8 heteroatoms. The van der Waals surface area contributed by atoms with Gasteiger partial charge in [-0.05, 0) is 25.8 Å². The van der Waals surface area contributed by atoms with E-state index in [1.54, 1.807) is 0 Å². The second kappa shape index (κ2) is 6.76. The lowest BCUT2D eigenvalue weighted by atomic mass is 9.95. The van der Waals surface area contributed by atoms with Crippen molar-refractivity contribution >= 4 is 17.4 Å². The Morgan fingerprint density at radius 1 is 1.19 bits per heavy atom. The van der Waals surface area contributed by atoms with E-state index in [4.69, 9.17) is 10.7 Å². The summed E-state index contributed by atoms with van der Waals surface area (Å²) in [5.41, 5.74) is 9.32. The molecule has 2 saturated heterocycles. The van der Waals surface area contributed by atoms with Crippen molar-refractivity contribution in [2.24, 2.45) is 11.7 Å². The van der Waals surface area contributed by atoms with Crippen molar-refractivity contribution in [3.8, 4) is 0 Å². The Hall–Kier alpha value is -2.19. The summed E-state index contributed by atoms with van der Waals surface area (Å²) < 4.78 is 1.95. The largest absolute Gasteiger partial charge is 0.354 e. The van der Waals surface area contributed by atoms with Crippen molar-refractivity contribution in [1.82, 2.24) is 24.8 Å². The van der Waals surface area contributed by atoms with Crippen molar-refractivity contribution in [3.63, 3.8) is 0 Å². The van der Waals surface area contributed by atoms with Gasteiger partial charge in [0.15, 0.2) is 5.65 Å². The van der Waals surface area contributed by atoms with Gasteiger partial charge in [0.2, 0.25) is 5.91 Å². The fourth-order valence-corrected chi connectivity index (χ4v) is 4.53. The lowest BCUT2D eigenvalue weighted by Gasteiger charge is -2.43. The van der Waals surface area contributed by atoms with Crippen LogP contribution in [0.5, 0.6) is 0 Å². The number of nitrogens with one attached hydrogen (secondary N) is 1. The Bertz CT molecular complexity index is 849. The molecule has 3 aliphatic heterocycles. The molecule has 5 heterocycles. The number of carbonyl (C=O) groups is 1. The van der Waals surface area contributed by atoms with E-state index in [0.717, 1.165) is 76.4 Å². The summed E-state index contributed by atoms with van der Waals surface area (Å²) in [5.74, 6) is 1.50. The number of piperidine rings is 1. The van der Waals surface area contributed by atoms with Crippen molar-refractivity contribution < 1.29 is 4.79 Å². The van der Waals surface area contributed by atoms with Crippen LogP contribution in [0.25, 0.3) is 5.65 Å². The Morgan fingerprint density at radius 3 is 2.78 bits per heavy atom. The highest BCUT2D eigenvalue weighted by molar-refractivity contribution is 5.82. The highest BCUT2D eigenvalue weighted by Gasteiger charge is 2.38. The topological polar surface area (TPSA) is 91.8 Å². The van der Waals surface area contributed by atoms with E-state index >= 15 is 0 Å². The van der Waals surface area contributed by atoms with Crippen LogP contribution >= 0.6 is 0 Å². The van der Waals surface area contributed by atoms with E-state index in [2.05, 4.69) is 15.3 Å². The van der Waals surface area contributed by atoms with Crippen molar-refractivity contribution in [2.75, 3.05) is 44.2 Å². The maximum Gasteiger partial charge on any atom is 0.229 e. The SMILES string of the molecule is NC1CCN(C(=O)C2CN(c3c4c(nc5ccnn35)CCNCC4)C2)CC1. The van der Waals surface area contributed by atoms with E-state index < -0.39 is 0 Å². The standard InChI is InChI=1S/C19H27N7O/c20-14-4-9-24(10-5-14)19(27)13-11-25(12-13)18-15-1-6-21-7-2-16(15)23-17-3-8-22-26(17)18/h3,8,13-14,21H,1-2,4-7,9-12,20H2. The number of nitrogens with two attached hydrogens (primary N) is 1. The predicted molar refractivity (Wildman–Crippen MR) is 103 cm³/mol. The van der Waals surface area contributed by atoms with Crippen LogP contribution in [0.4, 0.5) is 5.82 Å². The fraction of sp³-hybridized carbons (Fsp3) is 0.632. The highest BCUT2D eigenvalue weighted by Crippen LogP contribution is 2.32. The number of fused-ring (bicyclic) bond motifs is 2. The van der Waals surface area contributed by atoms with Gasteiger partial charge >= 0.3 is 0 Å². The third-order valence-corrected chi connectivity index (χ3v) is 6.16. The first-order chi connectivity index (χ1) is 13.2. The molecule has 0 aliphatic carbocycles. The minimum absolute atomic E-state index is 0.0812. The average molecular weight is 369 g/mol. The molecule has 0 aromatic carbocycles. The lowest BCUT2D eigenvalue weighted by molar-refractivity contribution is -0.137. The van der Waals surface area contributed by atoms with Crippen LogP contribution in [-0.2, 0) is 17.6 Å². The van der Waals surface area contributed by atoms with Crippen LogP contribution in [0, 0.1) is 5.92 Å². The molecule has 27 heavy (non-hydrogen) atoms. The molecule has 0 radical (unpaired) electrons. The molecule has 5 rings (SSSR count). The summed E-state index contributed by atoms with van der Waals surface area (Å²) in [5, 5.41) is 7.97. The maximum atomic E-state index is 12.8. The molecule has 3 aliphatic rings. The molecule has 0 spiro atoms. The number of aromatic nitrogens is 3. The zero-order valence-corrected chi connectivity index (χ0v) is 15.6. The molecular weight excluding hydrogens is 342 g/mol. The minimum Gasteiger partial charge on any atom is -0.354 e. The van der Waals surface area contributed by atoms with Gasteiger partial charge < -0.3 is 20.9 Å². The summed E-state index contributed by atoms with van der Waals surface area (Å²) in [4.78, 5) is 22.0. The first-order valence-electron chi connectivity index (χ1n) is 10.1. The van der Waals surface area contributed by atoms with Gasteiger partial charge in [-0.15, -0.1) is 0 Å². The first kappa shape index (κ1) is 16.9. The van der Waals surface area contributed by atoms with Gasteiger partial charge in [-0.2, -0.15) is 9.61 Å². The Morgan fingerprint density at radius 2 is 1.96 bits per heavy atom. The second-order valence-electron chi connectivity index (χ2n) is 7.98. The first-order valence-corrected chi connectivity index (χ1v) is 10.1. The summed E-state index contributed by atoms with van der Waals surface area (Å²) in [7, 11) is 0. The Balaban J connectivity index is 1.37. The predicted octanol–water partition coefficient (Wildman–Crippen LogP) is -0.197. The summed E-state index contributed by atoms with van der Waals surface area (Å²) in [6.07, 6.45) is 5.53. The smallest absolute Gasteiger partial charge is 0.229 e. The number of nitrogens with zero attached hydrogens (tertiary/aromatic N) is 5. The van der Waals surface area contributed by atoms with E-state index in [9.17, 15) is 4.79 Å². The molecule has 0 bridgehead atoms. The molecular formula is C19H27N7O. The van der Waals surface area contributed by atoms with Crippen molar-refractivity contribution in [2.45, 2.75) is 31.7 Å². The van der Waals surface area contributed by atoms with Crippen LogP contribution in [-0.4, -0.2) is 70.7 Å². The van der Waals surface area contributed by atoms with Gasteiger partial charge in [0.05, 0.1) is 17.8 Å². The summed E-state index contributed by atoms with van der Waals surface area (Å²) in [6.45, 7) is 5.05. The van der Waals surface area contributed by atoms with Gasteiger partial charge in [-0.1, -0.05) is 0 Å². The fourth-order valence-electron chi connectivity index (χ4n) is 4.53. The summed E-state index contributed by atoms with van der Waals surface area (Å²) >= 11 is 0. The highest BCUT2D eigenvalue weighted by atomic mass is 16.2. The van der Waals surface area contributed by atoms with E-state index in [1.807, 2.05) is 21.7 Å². The van der Waals surface area contributed by atoms with E-state index in [-0.39, 0.29) is 17.9 Å². The third-order valence-electron chi connectivity index (χ3n) is 6.16. The van der Waals surface area contributed by atoms with Gasteiger partial charge in [-0.25, -0.2) is 4.98 Å². The van der Waals surface area contributed by atoms with Crippen LogP contribution in [0.15, 0.2) is 12.3 Å². The van der Waals surface area contributed by atoms with Gasteiger partial charge in [0, 0.05) is 56.8 Å². The minimum atomic E-state index is 0.0812. The number of likely N-dealkylation sites (tertiary alicyclic amines) is 1. The van der Waals surface area contributed by atoms with Crippen LogP contribution in [0.1, 0.15) is 24.1 Å². The molecule has 0 saturated carbocycles. The zero-order valence-electron chi connectivity index (χ0n) is 15.6. The van der Waals surface area contributed by atoms with Gasteiger partial charge in [0.1, 0.15) is 5.82 Å². The molecule has 144 valence electrons. The van der Waals surface area contributed by atoms with Crippen LogP contribution < -0.4 is 16.0 Å². The monoisotopic (exact) mass is 369 g/mol. The van der Waals surface area contributed by atoms with Crippen molar-refractivity contribution in [3.05, 3.63) is 23.5 Å². The molecule has 0 atom stereocenters. The summed E-state index contributed by atoms with van der Waals surface area (Å²) in [6, 6.07) is 2.21. The normalized spacial score (nSPS) is 21.8. The van der Waals surface area contributed by atoms with E-state index in [1.165, 1.54) is 11.3 Å². The quantitative estimate of drug-likeness (QED) is 0.762. The number of hydrogen-bond acceptors (Lipinski definition) is 6. The average Bonchev–Trinajstić information content (AvgIpc) is 2.97. The molecule has 2 aromatic rings. The molecule has 3 N–H and O–H groups in total. The van der Waals surface area contributed by atoms with Gasteiger partial charge in [-0.3, -0.25) is 4.79 Å². The molecule has 1 amide bonds. The number of anilines is 1. The number of hydrogen-bond donors (Lipinski definition) is 2. The van der Waals surface area contributed by atoms with Crippen molar-refractivity contribution in [1.29, 1.82) is 0 Å². The molecule has 8 nitrogen and oxygen atoms in total. The molecule has 2 fully saturated rings. The Labute approximate surface area is 158 Å². The van der Waals surface area contributed by atoms with Crippen LogP contribution in [0.3, 0.4) is 0 Å². The lowest BCUT2D eigenvalue weighted by Crippen LogP contribution is -2.57. The molecule has 2 aromatic heterocycles. The number of rotatable bonds is 2. The van der Waals surface area contributed by atoms with Crippen LogP contribution in [0.2, 0.25) is 0 Å². The number of carbonyl (C=O) groups excluding carboxylic acids is 1. The zero-order chi connectivity index (χ0) is 18.4. The third kappa shape index (κ3) is 2.96. The Kier molecular flexibility index (Phi) is 4.24. The second-order valence-corrected chi connectivity index (χ2v) is 7.98. The van der Waals surface area contributed by atoms with Gasteiger partial charge in [0.25, 0.3) is 0 Å². The number of amides is 1. The molecule has 0 unspecified atom stereocenters. The van der Waals surface area contributed by atoms with E-state index in [0.29, 0.717) is 0 Å². The maximum absolute atomic E-state index is 12.8.